The lowest BCUT2D eigenvalue weighted by molar-refractivity contribution is 0.145. The van der Waals surface area contributed by atoms with E-state index >= 15 is 0 Å². The highest BCUT2D eigenvalue weighted by molar-refractivity contribution is 6.62. The van der Waals surface area contributed by atoms with Crippen molar-refractivity contribution in [3.05, 3.63) is 0 Å². The van der Waals surface area contributed by atoms with Crippen LogP contribution in [-0.2, 0) is 8.85 Å². The molecule has 0 aromatic rings. The quantitative estimate of drug-likeness (QED) is 0.433. The minimum absolute atomic E-state index is 0.748. The first kappa shape index (κ1) is 16.1. The summed E-state index contributed by atoms with van der Waals surface area (Å²) in [6, 6.07) is 0. The average Bonchev–Trinajstić information content (AvgIpc) is 2.27. The smallest absolute Gasteiger partial charge is 0.371 e. The Bertz CT molecular complexity index is 153. The van der Waals surface area contributed by atoms with E-state index in [0.29, 0.717) is 0 Å². The predicted octanol–water partition coefficient (Wildman–Crippen LogP) is 1.88. The van der Waals surface area contributed by atoms with Crippen LogP contribution in [0.2, 0.25) is 0 Å². The molecule has 0 heterocycles. The molecule has 0 saturated carbocycles. The highest BCUT2D eigenvalue weighted by atomic mass is 28.4. The summed E-state index contributed by atoms with van der Waals surface area (Å²) in [6.45, 7) is 11.7. The Labute approximate surface area is 102 Å². The van der Waals surface area contributed by atoms with Gasteiger partial charge in [0, 0.05) is 13.2 Å². The van der Waals surface area contributed by atoms with E-state index in [1.54, 1.807) is 0 Å². The van der Waals surface area contributed by atoms with Gasteiger partial charge in [-0.3, -0.25) is 9.96 Å². The molecule has 0 aromatic heterocycles. The van der Waals surface area contributed by atoms with E-state index in [2.05, 4.69) is 37.7 Å². The molecule has 98 valence electrons. The van der Waals surface area contributed by atoms with E-state index < -0.39 is 8.88 Å². The van der Waals surface area contributed by atoms with Gasteiger partial charge in [-0.1, -0.05) is 34.1 Å². The first-order chi connectivity index (χ1) is 7.74. The Kier molecular flexibility index (Phi) is 10.3. The van der Waals surface area contributed by atoms with E-state index in [1.807, 2.05) is 0 Å². The summed E-state index contributed by atoms with van der Waals surface area (Å²) in [6.07, 6.45) is 3.25. The van der Waals surface area contributed by atoms with Crippen LogP contribution >= 0.6 is 0 Å². The van der Waals surface area contributed by atoms with Crippen LogP contribution in [-0.4, -0.2) is 35.2 Å². The molecule has 0 amide bonds. The summed E-state index contributed by atoms with van der Waals surface area (Å²) in [5, 5.41) is 0. The summed E-state index contributed by atoms with van der Waals surface area (Å²) in [5.41, 5.74) is 0. The van der Waals surface area contributed by atoms with Crippen molar-refractivity contribution in [1.82, 2.24) is 9.96 Å². The maximum Gasteiger partial charge on any atom is 0.516 e. The van der Waals surface area contributed by atoms with Crippen molar-refractivity contribution in [1.29, 1.82) is 0 Å². The van der Waals surface area contributed by atoms with Crippen molar-refractivity contribution in [3.8, 4) is 0 Å². The number of hydrogen-bond donors (Lipinski definition) is 2. The fourth-order valence-corrected chi connectivity index (χ4v) is 3.85. The number of hydrogen-bond acceptors (Lipinski definition) is 4. The van der Waals surface area contributed by atoms with Crippen molar-refractivity contribution in [2.24, 2.45) is 0 Å². The van der Waals surface area contributed by atoms with Crippen LogP contribution in [0.4, 0.5) is 0 Å². The fourth-order valence-electron chi connectivity index (χ4n) is 1.38. The fraction of sp³-hybridized carbons (Fsp3) is 1.00. The third-order valence-electron chi connectivity index (χ3n) is 2.13. The molecule has 0 fully saturated rings. The second-order valence-corrected chi connectivity index (χ2v) is 6.25. The van der Waals surface area contributed by atoms with Crippen LogP contribution in [0.25, 0.3) is 0 Å². The minimum atomic E-state index is -2.35. The van der Waals surface area contributed by atoms with Crippen LogP contribution in [0.15, 0.2) is 0 Å². The van der Waals surface area contributed by atoms with Crippen LogP contribution < -0.4 is 9.96 Å². The van der Waals surface area contributed by atoms with E-state index in [-0.39, 0.29) is 0 Å². The second-order valence-electron chi connectivity index (χ2n) is 3.73. The lowest BCUT2D eigenvalue weighted by atomic mass is 10.4. The molecule has 0 spiro atoms. The van der Waals surface area contributed by atoms with E-state index in [9.17, 15) is 0 Å². The van der Waals surface area contributed by atoms with Gasteiger partial charge in [0.25, 0.3) is 0 Å². The zero-order chi connectivity index (χ0) is 12.3. The number of unbranched alkanes of at least 4 members (excludes halogenated alkanes) is 1. The summed E-state index contributed by atoms with van der Waals surface area (Å²) >= 11 is 0. The maximum atomic E-state index is 5.95. The maximum absolute atomic E-state index is 5.95. The molecule has 0 aliphatic carbocycles. The lowest BCUT2D eigenvalue weighted by Crippen LogP contribution is -2.67. The van der Waals surface area contributed by atoms with E-state index in [0.717, 1.165) is 45.6 Å². The molecule has 0 atom stereocenters. The van der Waals surface area contributed by atoms with Gasteiger partial charge in [0.15, 0.2) is 0 Å². The van der Waals surface area contributed by atoms with Crippen LogP contribution in [0.3, 0.4) is 0 Å². The Morgan fingerprint density at radius 3 is 1.81 bits per heavy atom. The SMILES string of the molecule is CCCCO[Si](NCC)(NCC)OCCC. The molecule has 0 aliphatic heterocycles. The van der Waals surface area contributed by atoms with Crippen molar-refractivity contribution >= 4 is 8.88 Å². The summed E-state index contributed by atoms with van der Waals surface area (Å²) in [5.74, 6) is 0. The largest absolute Gasteiger partial charge is 0.516 e. The standard InChI is InChI=1S/C11H28N2O2Si/c1-5-9-11-15-16(12-7-3,13-8-4)14-10-6-2/h12-13H,5-11H2,1-4H3. The van der Waals surface area contributed by atoms with Crippen molar-refractivity contribution in [2.45, 2.75) is 47.0 Å². The molecule has 5 heteroatoms. The van der Waals surface area contributed by atoms with Gasteiger partial charge in [0.1, 0.15) is 0 Å². The van der Waals surface area contributed by atoms with Gasteiger partial charge in [-0.15, -0.1) is 0 Å². The summed E-state index contributed by atoms with van der Waals surface area (Å²) < 4.78 is 11.8. The Morgan fingerprint density at radius 2 is 1.38 bits per heavy atom. The predicted molar refractivity (Wildman–Crippen MR) is 70.2 cm³/mol. The van der Waals surface area contributed by atoms with E-state index in [4.69, 9.17) is 8.85 Å². The zero-order valence-electron chi connectivity index (χ0n) is 11.3. The molecule has 0 radical (unpaired) electrons. The monoisotopic (exact) mass is 248 g/mol. The van der Waals surface area contributed by atoms with Gasteiger partial charge in [-0.25, -0.2) is 0 Å². The van der Waals surface area contributed by atoms with Crippen molar-refractivity contribution < 1.29 is 8.85 Å². The first-order valence-corrected chi connectivity index (χ1v) is 8.34. The average molecular weight is 248 g/mol. The second kappa shape index (κ2) is 10.2. The Hall–Kier alpha value is 0.0569. The molecule has 0 bridgehead atoms. The Morgan fingerprint density at radius 1 is 0.812 bits per heavy atom. The Balaban J connectivity index is 4.24. The molecule has 0 saturated heterocycles. The van der Waals surface area contributed by atoms with Crippen molar-refractivity contribution in [3.63, 3.8) is 0 Å². The van der Waals surface area contributed by atoms with Crippen molar-refractivity contribution in [2.75, 3.05) is 26.3 Å². The lowest BCUT2D eigenvalue weighted by Gasteiger charge is -2.30. The highest BCUT2D eigenvalue weighted by Gasteiger charge is 2.37. The molecule has 0 unspecified atom stereocenters. The summed E-state index contributed by atoms with van der Waals surface area (Å²) in [7, 11) is -2.35. The van der Waals surface area contributed by atoms with Gasteiger partial charge >= 0.3 is 8.88 Å². The third kappa shape index (κ3) is 6.60. The normalized spacial score (nSPS) is 12.0. The molecular weight excluding hydrogens is 220 g/mol. The molecule has 16 heavy (non-hydrogen) atoms. The zero-order valence-corrected chi connectivity index (χ0v) is 12.3. The molecule has 2 N–H and O–H groups in total. The van der Waals surface area contributed by atoms with Gasteiger partial charge in [0.2, 0.25) is 0 Å². The van der Waals surface area contributed by atoms with Crippen LogP contribution in [0, 0.1) is 0 Å². The van der Waals surface area contributed by atoms with Crippen LogP contribution in [0.5, 0.6) is 0 Å². The topological polar surface area (TPSA) is 42.5 Å². The van der Waals surface area contributed by atoms with Gasteiger partial charge in [-0.2, -0.15) is 0 Å². The number of nitrogens with one attached hydrogen (secondary N) is 2. The molecule has 4 nitrogen and oxygen atoms in total. The van der Waals surface area contributed by atoms with Crippen LogP contribution in [0.1, 0.15) is 47.0 Å². The molecule has 0 aromatic carbocycles. The van der Waals surface area contributed by atoms with Gasteiger partial charge in [0.05, 0.1) is 0 Å². The summed E-state index contributed by atoms with van der Waals surface area (Å²) in [4.78, 5) is 6.75. The molecular formula is C11H28N2O2Si. The third-order valence-corrected chi connectivity index (χ3v) is 4.99. The van der Waals surface area contributed by atoms with E-state index in [1.165, 1.54) is 0 Å². The highest BCUT2D eigenvalue weighted by Crippen LogP contribution is 2.03. The molecule has 0 rings (SSSR count). The van der Waals surface area contributed by atoms with Gasteiger partial charge in [-0.05, 0) is 25.9 Å². The van der Waals surface area contributed by atoms with Gasteiger partial charge < -0.3 is 8.85 Å². The number of rotatable bonds is 11. The minimum Gasteiger partial charge on any atom is -0.371 e. The first-order valence-electron chi connectivity index (χ1n) is 6.52. The molecule has 0 aliphatic rings.